The molecule has 4 nitrogen and oxygen atoms in total. The van der Waals surface area contributed by atoms with Crippen molar-refractivity contribution in [3.05, 3.63) is 35.5 Å². The van der Waals surface area contributed by atoms with Crippen LogP contribution in [-0.2, 0) is 11.2 Å². The monoisotopic (exact) mass is 321 g/mol. The zero-order valence-electron chi connectivity index (χ0n) is 12.9. The summed E-state index contributed by atoms with van der Waals surface area (Å²) in [4.78, 5) is 15.0. The number of aromatic nitrogens is 1. The number of H-pyrrole nitrogens is 1. The summed E-state index contributed by atoms with van der Waals surface area (Å²) in [6.07, 6.45) is 5.54. The first-order chi connectivity index (χ1) is 10.2. The van der Waals surface area contributed by atoms with Crippen LogP contribution in [0.2, 0.25) is 0 Å². The Morgan fingerprint density at radius 1 is 1.36 bits per heavy atom. The fourth-order valence-electron chi connectivity index (χ4n) is 2.76. The fraction of sp³-hybridized carbons (Fsp3) is 0.471. The van der Waals surface area contributed by atoms with Crippen molar-refractivity contribution < 1.29 is 4.79 Å². The molecule has 1 aromatic heterocycles. The van der Waals surface area contributed by atoms with E-state index in [0.717, 1.165) is 18.9 Å². The molecule has 0 radical (unpaired) electrons. The summed E-state index contributed by atoms with van der Waals surface area (Å²) in [5, 5.41) is 7.49. The first-order valence-corrected chi connectivity index (χ1v) is 7.77. The Labute approximate surface area is 137 Å². The van der Waals surface area contributed by atoms with Crippen molar-refractivity contribution >= 4 is 29.2 Å². The zero-order chi connectivity index (χ0) is 14.7. The van der Waals surface area contributed by atoms with Crippen molar-refractivity contribution in [2.75, 3.05) is 19.6 Å². The van der Waals surface area contributed by atoms with Crippen molar-refractivity contribution in [3.63, 3.8) is 0 Å². The van der Waals surface area contributed by atoms with E-state index >= 15 is 0 Å². The van der Waals surface area contributed by atoms with Gasteiger partial charge in [-0.2, -0.15) is 0 Å². The Bertz CT molecular complexity index is 634. The normalized spacial score (nSPS) is 13.9. The molecule has 1 saturated carbocycles. The number of halogens is 1. The molecule has 0 saturated heterocycles. The summed E-state index contributed by atoms with van der Waals surface area (Å²) >= 11 is 0. The van der Waals surface area contributed by atoms with Gasteiger partial charge in [-0.1, -0.05) is 12.1 Å². The van der Waals surface area contributed by atoms with Crippen LogP contribution in [0.4, 0.5) is 0 Å². The number of hydrogen-bond acceptors (Lipinski definition) is 2. The molecule has 1 amide bonds. The van der Waals surface area contributed by atoms with Crippen molar-refractivity contribution in [3.8, 4) is 0 Å². The molecule has 120 valence electrons. The highest BCUT2D eigenvalue weighted by Crippen LogP contribution is 2.27. The number of rotatable bonds is 7. The summed E-state index contributed by atoms with van der Waals surface area (Å²) in [5.74, 6) is 0.902. The van der Waals surface area contributed by atoms with Crippen LogP contribution in [0.1, 0.15) is 24.0 Å². The predicted octanol–water partition coefficient (Wildman–Crippen LogP) is 2.56. The van der Waals surface area contributed by atoms with Crippen molar-refractivity contribution in [1.82, 2.24) is 15.6 Å². The summed E-state index contributed by atoms with van der Waals surface area (Å²) in [7, 11) is 0. The van der Waals surface area contributed by atoms with E-state index in [2.05, 4.69) is 46.9 Å². The van der Waals surface area contributed by atoms with Crippen molar-refractivity contribution in [1.29, 1.82) is 0 Å². The lowest BCUT2D eigenvalue weighted by atomic mass is 10.1. The Hall–Kier alpha value is -1.52. The molecule has 0 aliphatic heterocycles. The van der Waals surface area contributed by atoms with E-state index in [1.54, 1.807) is 0 Å². The molecule has 1 aliphatic carbocycles. The highest BCUT2D eigenvalue weighted by Gasteiger charge is 2.20. The van der Waals surface area contributed by atoms with Gasteiger partial charge in [0, 0.05) is 23.6 Å². The Morgan fingerprint density at radius 2 is 2.18 bits per heavy atom. The first-order valence-electron chi connectivity index (χ1n) is 7.77. The van der Waals surface area contributed by atoms with Gasteiger partial charge in [0.2, 0.25) is 5.91 Å². The van der Waals surface area contributed by atoms with Gasteiger partial charge in [-0.25, -0.2) is 0 Å². The van der Waals surface area contributed by atoms with Crippen LogP contribution in [0.15, 0.2) is 24.4 Å². The quantitative estimate of drug-likeness (QED) is 0.734. The second-order valence-electron chi connectivity index (χ2n) is 5.99. The third kappa shape index (κ3) is 4.24. The van der Waals surface area contributed by atoms with Crippen LogP contribution in [0.3, 0.4) is 0 Å². The maximum atomic E-state index is 11.7. The van der Waals surface area contributed by atoms with Gasteiger partial charge < -0.3 is 15.6 Å². The molecule has 22 heavy (non-hydrogen) atoms. The number of carbonyl (C=O) groups excluding carboxylic acids is 1. The van der Waals surface area contributed by atoms with Crippen molar-refractivity contribution in [2.24, 2.45) is 5.92 Å². The number of aryl methyl sites for hydroxylation is 1. The number of aromatic amines is 1. The Balaban J connectivity index is 0.00000176. The van der Waals surface area contributed by atoms with Gasteiger partial charge in [-0.05, 0) is 55.8 Å². The lowest BCUT2D eigenvalue weighted by molar-refractivity contribution is -0.120. The Morgan fingerprint density at radius 3 is 2.95 bits per heavy atom. The lowest BCUT2D eigenvalue weighted by Gasteiger charge is -2.06. The molecule has 5 heteroatoms. The molecular weight excluding hydrogens is 298 g/mol. The van der Waals surface area contributed by atoms with E-state index in [1.165, 1.54) is 34.9 Å². The van der Waals surface area contributed by atoms with Gasteiger partial charge in [0.25, 0.3) is 0 Å². The highest BCUT2D eigenvalue weighted by molar-refractivity contribution is 5.86. The topological polar surface area (TPSA) is 56.9 Å². The van der Waals surface area contributed by atoms with Gasteiger partial charge in [0.1, 0.15) is 0 Å². The number of fused-ring (bicyclic) bond motifs is 1. The van der Waals surface area contributed by atoms with Gasteiger partial charge in [-0.15, -0.1) is 12.4 Å². The molecular formula is C17H24ClN3O. The molecule has 3 rings (SSSR count). The molecule has 1 heterocycles. The summed E-state index contributed by atoms with van der Waals surface area (Å²) < 4.78 is 0. The van der Waals surface area contributed by atoms with E-state index in [4.69, 9.17) is 0 Å². The second kappa shape index (κ2) is 7.65. The van der Waals surface area contributed by atoms with E-state index in [1.807, 2.05) is 0 Å². The van der Waals surface area contributed by atoms with Gasteiger partial charge in [0.15, 0.2) is 0 Å². The average molecular weight is 322 g/mol. The van der Waals surface area contributed by atoms with Crippen LogP contribution in [0.25, 0.3) is 10.9 Å². The molecule has 0 bridgehead atoms. The smallest absolute Gasteiger partial charge is 0.233 e. The number of hydrogen-bond donors (Lipinski definition) is 3. The number of benzene rings is 1. The molecule has 0 spiro atoms. The molecule has 1 aliphatic rings. The van der Waals surface area contributed by atoms with E-state index in [-0.39, 0.29) is 18.3 Å². The largest absolute Gasteiger partial charge is 0.361 e. The summed E-state index contributed by atoms with van der Waals surface area (Å²) in [6, 6.07) is 6.28. The van der Waals surface area contributed by atoms with Crippen LogP contribution >= 0.6 is 12.4 Å². The maximum absolute atomic E-state index is 11.7. The molecule has 1 aromatic carbocycles. The maximum Gasteiger partial charge on any atom is 0.233 e. The minimum absolute atomic E-state index is 0. The predicted molar refractivity (Wildman–Crippen MR) is 92.6 cm³/mol. The standard InChI is InChI=1S/C17H23N3O.ClH/c1-12-3-2-4-15-17(12)14(10-20-15)7-8-19-16(21)11-18-9-13-5-6-13;/h2-4,10,13,18,20H,5-9,11H2,1H3,(H,19,21);1H. The molecule has 3 N–H and O–H groups in total. The second-order valence-corrected chi connectivity index (χ2v) is 5.99. The molecule has 2 aromatic rings. The average Bonchev–Trinajstić information content (AvgIpc) is 3.19. The molecule has 1 fully saturated rings. The van der Waals surface area contributed by atoms with E-state index in [0.29, 0.717) is 13.1 Å². The van der Waals surface area contributed by atoms with Crippen LogP contribution in [0, 0.1) is 12.8 Å². The fourth-order valence-corrected chi connectivity index (χ4v) is 2.76. The van der Waals surface area contributed by atoms with Crippen LogP contribution in [0.5, 0.6) is 0 Å². The third-order valence-electron chi connectivity index (χ3n) is 4.13. The minimum Gasteiger partial charge on any atom is -0.361 e. The molecule has 0 atom stereocenters. The number of carbonyl (C=O) groups is 1. The summed E-state index contributed by atoms with van der Waals surface area (Å²) in [5.41, 5.74) is 3.72. The SMILES string of the molecule is Cc1cccc2[nH]cc(CCNC(=O)CNCC3CC3)c12.Cl. The van der Waals surface area contributed by atoms with Gasteiger partial charge in [-0.3, -0.25) is 4.79 Å². The van der Waals surface area contributed by atoms with Crippen LogP contribution < -0.4 is 10.6 Å². The number of amides is 1. The van der Waals surface area contributed by atoms with Crippen molar-refractivity contribution in [2.45, 2.75) is 26.2 Å². The van der Waals surface area contributed by atoms with E-state index < -0.39 is 0 Å². The van der Waals surface area contributed by atoms with E-state index in [9.17, 15) is 4.79 Å². The lowest BCUT2D eigenvalue weighted by Crippen LogP contribution is -2.35. The third-order valence-corrected chi connectivity index (χ3v) is 4.13. The summed E-state index contributed by atoms with van der Waals surface area (Å²) in [6.45, 7) is 4.23. The van der Waals surface area contributed by atoms with Gasteiger partial charge in [0.05, 0.1) is 6.54 Å². The van der Waals surface area contributed by atoms with Gasteiger partial charge >= 0.3 is 0 Å². The first kappa shape index (κ1) is 16.8. The number of nitrogens with one attached hydrogen (secondary N) is 3. The Kier molecular flexibility index (Phi) is 5.86. The molecule has 0 unspecified atom stereocenters. The van der Waals surface area contributed by atoms with Crippen LogP contribution in [-0.4, -0.2) is 30.5 Å². The minimum atomic E-state index is 0. The zero-order valence-corrected chi connectivity index (χ0v) is 13.8. The highest BCUT2D eigenvalue weighted by atomic mass is 35.5.